The second kappa shape index (κ2) is 4.34. The highest BCUT2D eigenvalue weighted by atomic mass is 19.1. The zero-order valence-corrected chi connectivity index (χ0v) is 10.4. The van der Waals surface area contributed by atoms with Crippen LogP contribution in [0, 0.1) is 5.82 Å². The first-order valence-electron chi connectivity index (χ1n) is 5.90. The third kappa shape index (κ3) is 1.78. The summed E-state index contributed by atoms with van der Waals surface area (Å²) in [5.41, 5.74) is 12.5. The van der Waals surface area contributed by atoms with Crippen molar-refractivity contribution in [2.75, 3.05) is 5.73 Å². The highest BCUT2D eigenvalue weighted by Gasteiger charge is 2.13. The minimum atomic E-state index is -0.520. The average Bonchev–Trinajstić information content (AvgIpc) is 2.82. The molecule has 20 heavy (non-hydrogen) atoms. The quantitative estimate of drug-likeness (QED) is 0.664. The minimum absolute atomic E-state index is 0.259. The van der Waals surface area contributed by atoms with Crippen LogP contribution in [0.5, 0.6) is 0 Å². The molecule has 6 heteroatoms. The van der Waals surface area contributed by atoms with Crippen LogP contribution in [0.25, 0.3) is 22.0 Å². The molecule has 3 aromatic rings. The molecule has 0 aliphatic heterocycles. The summed E-state index contributed by atoms with van der Waals surface area (Å²) in [6.45, 7) is 0. The maximum Gasteiger partial charge on any atom is 0.248 e. The summed E-state index contributed by atoms with van der Waals surface area (Å²) >= 11 is 0. The van der Waals surface area contributed by atoms with Crippen LogP contribution in [0.2, 0.25) is 0 Å². The van der Waals surface area contributed by atoms with Crippen molar-refractivity contribution in [3.8, 4) is 11.1 Å². The van der Waals surface area contributed by atoms with Gasteiger partial charge < -0.3 is 11.5 Å². The van der Waals surface area contributed by atoms with Gasteiger partial charge in [0.2, 0.25) is 5.91 Å². The lowest BCUT2D eigenvalue weighted by atomic mass is 10.0. The predicted octanol–water partition coefficient (Wildman–Crippen LogP) is 2.05. The number of nitrogens with zero attached hydrogens (tertiary/aromatic N) is 1. The molecule has 0 aliphatic carbocycles. The van der Waals surface area contributed by atoms with Gasteiger partial charge in [0.05, 0.1) is 0 Å². The standard InChI is InChI=1S/C14H11FN4O/c15-11-9(5-6-10-12(11)18-19-13(10)16)7-1-3-8(4-2-7)14(17)20/h1-6H,(H2,17,20)(H3,16,18,19). The van der Waals surface area contributed by atoms with Crippen molar-refractivity contribution in [2.24, 2.45) is 5.73 Å². The summed E-state index contributed by atoms with van der Waals surface area (Å²) < 4.78 is 14.4. The second-order valence-electron chi connectivity index (χ2n) is 4.40. The molecule has 0 fully saturated rings. The van der Waals surface area contributed by atoms with Crippen molar-refractivity contribution in [1.29, 1.82) is 0 Å². The van der Waals surface area contributed by atoms with Crippen LogP contribution in [0.3, 0.4) is 0 Å². The fourth-order valence-corrected chi connectivity index (χ4v) is 2.11. The molecule has 1 aromatic heterocycles. The summed E-state index contributed by atoms with van der Waals surface area (Å²) in [4.78, 5) is 11.0. The molecule has 5 N–H and O–H groups in total. The molecule has 0 saturated carbocycles. The molecule has 0 unspecified atom stereocenters. The van der Waals surface area contributed by atoms with E-state index in [4.69, 9.17) is 11.5 Å². The Morgan fingerprint density at radius 1 is 1.15 bits per heavy atom. The Morgan fingerprint density at radius 3 is 2.50 bits per heavy atom. The molecule has 2 aromatic carbocycles. The fourth-order valence-electron chi connectivity index (χ4n) is 2.11. The number of nitrogens with two attached hydrogens (primary N) is 2. The molecular weight excluding hydrogens is 259 g/mol. The van der Waals surface area contributed by atoms with Crippen LogP contribution in [0.4, 0.5) is 10.2 Å². The summed E-state index contributed by atoms with van der Waals surface area (Å²) in [6.07, 6.45) is 0. The second-order valence-corrected chi connectivity index (χ2v) is 4.40. The number of carbonyl (C=O) groups excluding carboxylic acids is 1. The van der Waals surface area contributed by atoms with E-state index in [1.54, 1.807) is 36.4 Å². The third-order valence-corrected chi connectivity index (χ3v) is 3.19. The van der Waals surface area contributed by atoms with E-state index < -0.39 is 11.7 Å². The molecule has 0 atom stereocenters. The molecular formula is C14H11FN4O. The molecule has 1 heterocycles. The van der Waals surface area contributed by atoms with Crippen molar-refractivity contribution in [3.63, 3.8) is 0 Å². The molecule has 0 bridgehead atoms. The number of fused-ring (bicyclic) bond motifs is 1. The maximum atomic E-state index is 14.4. The van der Waals surface area contributed by atoms with Gasteiger partial charge in [-0.15, -0.1) is 0 Å². The minimum Gasteiger partial charge on any atom is -0.382 e. The van der Waals surface area contributed by atoms with Crippen LogP contribution >= 0.6 is 0 Å². The molecule has 0 radical (unpaired) electrons. The summed E-state index contributed by atoms with van der Waals surface area (Å²) in [6, 6.07) is 9.73. The van der Waals surface area contributed by atoms with E-state index in [0.717, 1.165) is 0 Å². The van der Waals surface area contributed by atoms with Gasteiger partial charge in [-0.2, -0.15) is 5.10 Å². The number of H-pyrrole nitrogens is 1. The fraction of sp³-hybridized carbons (Fsp3) is 0. The first kappa shape index (κ1) is 12.2. The molecule has 1 amide bonds. The summed E-state index contributed by atoms with van der Waals surface area (Å²) in [5, 5.41) is 6.89. The Balaban J connectivity index is 2.14. The first-order valence-corrected chi connectivity index (χ1v) is 5.90. The van der Waals surface area contributed by atoms with Crippen LogP contribution in [0.1, 0.15) is 10.4 Å². The van der Waals surface area contributed by atoms with Gasteiger partial charge in [-0.3, -0.25) is 9.89 Å². The maximum absolute atomic E-state index is 14.4. The molecule has 0 aliphatic rings. The largest absolute Gasteiger partial charge is 0.382 e. The molecule has 100 valence electrons. The van der Waals surface area contributed by atoms with E-state index in [2.05, 4.69) is 10.2 Å². The zero-order valence-electron chi connectivity index (χ0n) is 10.4. The van der Waals surface area contributed by atoms with Crippen LogP contribution in [-0.2, 0) is 0 Å². The molecule has 0 spiro atoms. The highest BCUT2D eigenvalue weighted by molar-refractivity contribution is 5.94. The number of primary amides is 1. The van der Waals surface area contributed by atoms with Gasteiger partial charge in [0.25, 0.3) is 0 Å². The number of nitrogen functional groups attached to an aromatic ring is 1. The van der Waals surface area contributed by atoms with E-state index in [9.17, 15) is 9.18 Å². The predicted molar refractivity (Wildman–Crippen MR) is 74.4 cm³/mol. The number of rotatable bonds is 2. The SMILES string of the molecule is NC(=O)c1ccc(-c2ccc3c(N)n[nH]c3c2F)cc1. The number of aromatic nitrogens is 2. The summed E-state index contributed by atoms with van der Waals surface area (Å²) in [7, 11) is 0. The zero-order chi connectivity index (χ0) is 14.3. The van der Waals surface area contributed by atoms with Gasteiger partial charge in [0.1, 0.15) is 5.52 Å². The lowest BCUT2D eigenvalue weighted by molar-refractivity contribution is 0.100. The Kier molecular flexibility index (Phi) is 2.64. The van der Waals surface area contributed by atoms with Crippen LogP contribution in [-0.4, -0.2) is 16.1 Å². The number of amides is 1. The Morgan fingerprint density at radius 2 is 1.85 bits per heavy atom. The van der Waals surface area contributed by atoms with Gasteiger partial charge in [-0.05, 0) is 23.8 Å². The average molecular weight is 270 g/mol. The topological polar surface area (TPSA) is 97.8 Å². The number of hydrogen-bond acceptors (Lipinski definition) is 3. The lowest BCUT2D eigenvalue weighted by Gasteiger charge is -2.05. The van der Waals surface area contributed by atoms with Crippen molar-refractivity contribution in [2.45, 2.75) is 0 Å². The van der Waals surface area contributed by atoms with E-state index >= 15 is 0 Å². The van der Waals surface area contributed by atoms with Crippen molar-refractivity contribution in [3.05, 3.63) is 47.8 Å². The lowest BCUT2D eigenvalue weighted by Crippen LogP contribution is -2.10. The molecule has 5 nitrogen and oxygen atoms in total. The Bertz CT molecular complexity index is 808. The number of carbonyl (C=O) groups is 1. The number of anilines is 1. The third-order valence-electron chi connectivity index (χ3n) is 3.19. The van der Waals surface area contributed by atoms with Crippen molar-refractivity contribution < 1.29 is 9.18 Å². The number of aromatic amines is 1. The number of halogens is 1. The number of hydrogen-bond donors (Lipinski definition) is 3. The number of nitrogens with one attached hydrogen (secondary N) is 1. The summed E-state index contributed by atoms with van der Waals surface area (Å²) in [5.74, 6) is -0.693. The van der Waals surface area contributed by atoms with Gasteiger partial charge in [-0.25, -0.2) is 4.39 Å². The van der Waals surface area contributed by atoms with Crippen LogP contribution in [0.15, 0.2) is 36.4 Å². The normalized spacial score (nSPS) is 10.8. The van der Waals surface area contributed by atoms with E-state index in [0.29, 0.717) is 22.1 Å². The number of benzene rings is 2. The van der Waals surface area contributed by atoms with Crippen LogP contribution < -0.4 is 11.5 Å². The highest BCUT2D eigenvalue weighted by Crippen LogP contribution is 2.29. The van der Waals surface area contributed by atoms with Gasteiger partial charge in [0, 0.05) is 16.5 Å². The monoisotopic (exact) mass is 270 g/mol. The van der Waals surface area contributed by atoms with Crippen molar-refractivity contribution in [1.82, 2.24) is 10.2 Å². The van der Waals surface area contributed by atoms with Gasteiger partial charge in [0.15, 0.2) is 11.6 Å². The van der Waals surface area contributed by atoms with E-state index in [-0.39, 0.29) is 11.3 Å². The van der Waals surface area contributed by atoms with Gasteiger partial charge in [-0.1, -0.05) is 18.2 Å². The van der Waals surface area contributed by atoms with E-state index in [1.165, 1.54) is 0 Å². The smallest absolute Gasteiger partial charge is 0.248 e. The van der Waals surface area contributed by atoms with Gasteiger partial charge >= 0.3 is 0 Å². The first-order chi connectivity index (χ1) is 9.58. The molecule has 3 rings (SSSR count). The molecule has 0 saturated heterocycles. The Labute approximate surface area is 113 Å². The van der Waals surface area contributed by atoms with E-state index in [1.807, 2.05) is 0 Å². The Hall–Kier alpha value is -2.89. The van der Waals surface area contributed by atoms with Crippen molar-refractivity contribution >= 4 is 22.6 Å².